The van der Waals surface area contributed by atoms with Gasteiger partial charge in [-0.25, -0.2) is 0 Å². The molecule has 1 N–H and O–H groups in total. The van der Waals surface area contributed by atoms with E-state index in [4.69, 9.17) is 16.3 Å². The predicted octanol–water partition coefficient (Wildman–Crippen LogP) is 3.98. The first-order valence-corrected chi connectivity index (χ1v) is 7.24. The summed E-state index contributed by atoms with van der Waals surface area (Å²) < 4.78 is 5.00. The van der Waals surface area contributed by atoms with E-state index in [2.05, 4.69) is 5.32 Å². The molecular weight excluding hydrogens is 328 g/mol. The number of hydrogen-bond acceptors (Lipinski definition) is 5. The molecule has 6 nitrogen and oxygen atoms in total. The summed E-state index contributed by atoms with van der Waals surface area (Å²) in [4.78, 5) is 22.4. The number of nitro benzene ring substituents is 1. The van der Waals surface area contributed by atoms with Gasteiger partial charge in [0.2, 0.25) is 6.41 Å². The Balaban J connectivity index is 2.42. The van der Waals surface area contributed by atoms with Crippen LogP contribution in [0.2, 0.25) is 5.02 Å². The fourth-order valence-corrected chi connectivity index (χ4v) is 2.89. The van der Waals surface area contributed by atoms with Gasteiger partial charge >= 0.3 is 0 Å². The molecule has 0 heterocycles. The van der Waals surface area contributed by atoms with E-state index in [9.17, 15) is 14.9 Å². The first-order chi connectivity index (χ1) is 10.5. The first kappa shape index (κ1) is 16.1. The Morgan fingerprint density at radius 3 is 2.64 bits per heavy atom. The van der Waals surface area contributed by atoms with Crippen molar-refractivity contribution in [2.75, 3.05) is 12.4 Å². The molecule has 0 aliphatic heterocycles. The van der Waals surface area contributed by atoms with E-state index in [0.717, 1.165) is 11.8 Å². The zero-order valence-corrected chi connectivity index (χ0v) is 13.0. The summed E-state index contributed by atoms with van der Waals surface area (Å²) in [6.07, 6.45) is 0.526. The molecule has 0 fully saturated rings. The van der Waals surface area contributed by atoms with Crippen molar-refractivity contribution in [1.29, 1.82) is 0 Å². The van der Waals surface area contributed by atoms with E-state index in [1.807, 2.05) is 0 Å². The van der Waals surface area contributed by atoms with Crippen LogP contribution >= 0.6 is 23.4 Å². The van der Waals surface area contributed by atoms with E-state index < -0.39 is 4.92 Å². The van der Waals surface area contributed by atoms with Gasteiger partial charge in [0, 0.05) is 9.92 Å². The number of nitrogens with one attached hydrogen (secondary N) is 1. The minimum absolute atomic E-state index is 0.0728. The molecular formula is C14H11ClN2O4S. The molecule has 114 valence electrons. The number of anilines is 1. The van der Waals surface area contributed by atoms with Crippen LogP contribution in [0.1, 0.15) is 0 Å². The van der Waals surface area contributed by atoms with Gasteiger partial charge in [-0.05, 0) is 30.3 Å². The lowest BCUT2D eigenvalue weighted by Crippen LogP contribution is -1.96. The van der Waals surface area contributed by atoms with Gasteiger partial charge in [0.15, 0.2) is 0 Å². The molecule has 0 unspecified atom stereocenters. The second-order valence-corrected chi connectivity index (χ2v) is 5.62. The van der Waals surface area contributed by atoms with Gasteiger partial charge in [-0.15, -0.1) is 0 Å². The first-order valence-electron chi connectivity index (χ1n) is 6.05. The molecule has 0 saturated carbocycles. The molecule has 0 aliphatic rings. The van der Waals surface area contributed by atoms with Gasteiger partial charge in [-0.2, -0.15) is 0 Å². The Kier molecular flexibility index (Phi) is 5.24. The molecule has 0 bridgehead atoms. The van der Waals surface area contributed by atoms with E-state index in [0.29, 0.717) is 32.7 Å². The number of methoxy groups -OCH3 is 1. The topological polar surface area (TPSA) is 81.5 Å². The average molecular weight is 339 g/mol. The Bertz CT molecular complexity index is 724. The SMILES string of the molecule is COc1ccc(Sc2ccc(Cl)cc2NC=O)c([N+](=O)[O-])c1. The molecule has 0 spiro atoms. The molecule has 0 atom stereocenters. The van der Waals surface area contributed by atoms with E-state index in [-0.39, 0.29) is 5.69 Å². The molecule has 22 heavy (non-hydrogen) atoms. The fraction of sp³-hybridized carbons (Fsp3) is 0.0714. The van der Waals surface area contributed by atoms with Gasteiger partial charge in [0.25, 0.3) is 5.69 Å². The van der Waals surface area contributed by atoms with Crippen molar-refractivity contribution < 1.29 is 14.5 Å². The molecule has 1 amide bonds. The fourth-order valence-electron chi connectivity index (χ4n) is 1.74. The molecule has 0 saturated heterocycles. The van der Waals surface area contributed by atoms with Crippen molar-refractivity contribution in [2.24, 2.45) is 0 Å². The molecule has 0 aromatic heterocycles. The summed E-state index contributed by atoms with van der Waals surface area (Å²) in [6, 6.07) is 9.50. The minimum Gasteiger partial charge on any atom is -0.497 e. The molecule has 2 aromatic rings. The van der Waals surface area contributed by atoms with Gasteiger partial charge < -0.3 is 10.1 Å². The van der Waals surface area contributed by atoms with Crippen molar-refractivity contribution in [1.82, 2.24) is 0 Å². The van der Waals surface area contributed by atoms with Crippen LogP contribution in [0.3, 0.4) is 0 Å². The monoisotopic (exact) mass is 338 g/mol. The molecule has 2 rings (SSSR count). The number of nitrogens with zero attached hydrogens (tertiary/aromatic N) is 1. The minimum atomic E-state index is -0.479. The van der Waals surface area contributed by atoms with Crippen molar-refractivity contribution in [3.05, 3.63) is 51.5 Å². The highest BCUT2D eigenvalue weighted by Gasteiger charge is 2.17. The highest BCUT2D eigenvalue weighted by atomic mass is 35.5. The van der Waals surface area contributed by atoms with Crippen LogP contribution in [-0.2, 0) is 4.79 Å². The molecule has 0 aliphatic carbocycles. The number of nitro groups is 1. The highest BCUT2D eigenvalue weighted by molar-refractivity contribution is 7.99. The van der Waals surface area contributed by atoms with E-state index in [1.54, 1.807) is 30.3 Å². The second-order valence-electron chi connectivity index (χ2n) is 4.10. The largest absolute Gasteiger partial charge is 0.497 e. The third-order valence-electron chi connectivity index (χ3n) is 2.74. The zero-order chi connectivity index (χ0) is 16.1. The third-order valence-corrected chi connectivity index (χ3v) is 4.11. The number of carbonyl (C=O) groups excluding carboxylic acids is 1. The molecule has 8 heteroatoms. The van der Waals surface area contributed by atoms with Crippen LogP contribution in [0.5, 0.6) is 5.75 Å². The van der Waals surface area contributed by atoms with Crippen LogP contribution in [0.25, 0.3) is 0 Å². The normalized spacial score (nSPS) is 10.1. The summed E-state index contributed by atoms with van der Waals surface area (Å²) in [5, 5.41) is 14.2. The van der Waals surface area contributed by atoms with Gasteiger partial charge in [0.1, 0.15) is 5.75 Å². The van der Waals surface area contributed by atoms with Crippen molar-refractivity contribution in [2.45, 2.75) is 9.79 Å². The Labute approximate surface area is 135 Å². The third kappa shape index (κ3) is 3.69. The Morgan fingerprint density at radius 2 is 2.00 bits per heavy atom. The quantitative estimate of drug-likeness (QED) is 0.489. The van der Waals surface area contributed by atoms with E-state index in [1.165, 1.54) is 13.2 Å². The lowest BCUT2D eigenvalue weighted by Gasteiger charge is -2.09. The average Bonchev–Trinajstić information content (AvgIpc) is 2.50. The summed E-state index contributed by atoms with van der Waals surface area (Å²) in [5.74, 6) is 0.401. The maximum absolute atomic E-state index is 11.2. The van der Waals surface area contributed by atoms with Crippen molar-refractivity contribution >= 4 is 41.1 Å². The number of rotatable bonds is 6. The van der Waals surface area contributed by atoms with Crippen LogP contribution in [0.4, 0.5) is 11.4 Å². The second kappa shape index (κ2) is 7.15. The van der Waals surface area contributed by atoms with Crippen LogP contribution in [0, 0.1) is 10.1 Å². The van der Waals surface area contributed by atoms with Crippen molar-refractivity contribution in [3.8, 4) is 5.75 Å². The standard InChI is InChI=1S/C14H11ClN2O4S/c1-21-10-3-5-14(12(7-10)17(19)20)22-13-4-2-9(15)6-11(13)16-8-18/h2-8H,1H3,(H,16,18). The number of benzene rings is 2. The highest BCUT2D eigenvalue weighted by Crippen LogP contribution is 2.40. The summed E-state index contributed by atoms with van der Waals surface area (Å²) in [5.41, 5.74) is 0.411. The molecule has 2 aromatic carbocycles. The maximum atomic E-state index is 11.2. The number of amides is 1. The number of ether oxygens (including phenoxy) is 1. The lowest BCUT2D eigenvalue weighted by atomic mass is 10.3. The van der Waals surface area contributed by atoms with Crippen molar-refractivity contribution in [3.63, 3.8) is 0 Å². The van der Waals surface area contributed by atoms with Crippen LogP contribution in [0.15, 0.2) is 46.2 Å². The zero-order valence-electron chi connectivity index (χ0n) is 11.4. The predicted molar refractivity (Wildman–Crippen MR) is 84.9 cm³/mol. The maximum Gasteiger partial charge on any atom is 0.286 e. The van der Waals surface area contributed by atoms with Crippen LogP contribution in [-0.4, -0.2) is 18.4 Å². The number of hydrogen-bond donors (Lipinski definition) is 1. The van der Waals surface area contributed by atoms with E-state index >= 15 is 0 Å². The Hall–Kier alpha value is -2.25. The van der Waals surface area contributed by atoms with Gasteiger partial charge in [-0.3, -0.25) is 14.9 Å². The smallest absolute Gasteiger partial charge is 0.286 e. The van der Waals surface area contributed by atoms with Gasteiger partial charge in [-0.1, -0.05) is 23.4 Å². The molecule has 0 radical (unpaired) electrons. The van der Waals surface area contributed by atoms with Crippen LogP contribution < -0.4 is 10.1 Å². The number of carbonyl (C=O) groups is 1. The summed E-state index contributed by atoms with van der Waals surface area (Å²) in [6.45, 7) is 0. The Morgan fingerprint density at radius 1 is 1.27 bits per heavy atom. The summed E-state index contributed by atoms with van der Waals surface area (Å²) in [7, 11) is 1.44. The number of halogens is 1. The summed E-state index contributed by atoms with van der Waals surface area (Å²) >= 11 is 7.05. The lowest BCUT2D eigenvalue weighted by molar-refractivity contribution is -0.387. The van der Waals surface area contributed by atoms with Gasteiger partial charge in [0.05, 0.1) is 28.7 Å².